The Balaban J connectivity index is 2.05. The molecule has 0 amide bonds. The Morgan fingerprint density at radius 2 is 1.46 bits per heavy atom. The van der Waals surface area contributed by atoms with Crippen molar-refractivity contribution in [2.24, 2.45) is 5.92 Å². The molecule has 2 aliphatic rings. The quantitative estimate of drug-likeness (QED) is 0.391. The maximum Gasteiger partial charge on any atom is 0.183 e. The largest absolute Gasteiger partial charge is 0.388 e. The van der Waals surface area contributed by atoms with Gasteiger partial charge in [-0.2, -0.15) is 0 Å². The van der Waals surface area contributed by atoms with Crippen LogP contribution in [0.5, 0.6) is 0 Å². The highest BCUT2D eigenvalue weighted by Gasteiger charge is 2.48. The van der Waals surface area contributed by atoms with Crippen LogP contribution in [0.15, 0.2) is 0 Å². The summed E-state index contributed by atoms with van der Waals surface area (Å²) in [6.45, 7) is 0. The van der Waals surface area contributed by atoms with Crippen molar-refractivity contribution in [1.29, 1.82) is 0 Å². The van der Waals surface area contributed by atoms with Gasteiger partial charge in [0.25, 0.3) is 0 Å². The van der Waals surface area contributed by atoms with Crippen molar-refractivity contribution in [2.75, 3.05) is 0 Å². The van der Waals surface area contributed by atoms with E-state index in [-0.39, 0.29) is 5.92 Å². The van der Waals surface area contributed by atoms with Gasteiger partial charge in [0.15, 0.2) is 6.29 Å². The van der Waals surface area contributed by atoms with Gasteiger partial charge in [0.2, 0.25) is 0 Å². The molecule has 2 fully saturated rings. The molecule has 2 rings (SSSR count). The van der Waals surface area contributed by atoms with Crippen molar-refractivity contribution in [1.82, 2.24) is 0 Å². The molecule has 0 bridgehead atoms. The molecule has 1 saturated carbocycles. The summed E-state index contributed by atoms with van der Waals surface area (Å²) in [6.07, 6.45) is -3.85. The maximum atomic E-state index is 9.49. The topological polar surface area (TPSA) is 90.2 Å². The van der Waals surface area contributed by atoms with E-state index in [0.717, 1.165) is 12.8 Å². The van der Waals surface area contributed by atoms with Crippen LogP contribution in [-0.2, 0) is 4.74 Å². The smallest absolute Gasteiger partial charge is 0.183 e. The molecule has 0 spiro atoms. The van der Waals surface area contributed by atoms with E-state index < -0.39 is 30.7 Å². The molecule has 1 aliphatic carbocycles. The zero-order valence-corrected chi connectivity index (χ0v) is 7.08. The Hall–Kier alpha value is -0.200. The van der Waals surface area contributed by atoms with Gasteiger partial charge in [-0.1, -0.05) is 0 Å². The highest BCUT2D eigenvalue weighted by Crippen LogP contribution is 2.39. The fourth-order valence-corrected chi connectivity index (χ4v) is 1.70. The van der Waals surface area contributed by atoms with Crippen LogP contribution in [0.4, 0.5) is 0 Å². The summed E-state index contributed by atoms with van der Waals surface area (Å²) in [6, 6.07) is 0. The molecule has 1 unspecified atom stereocenters. The third-order valence-electron chi connectivity index (χ3n) is 2.71. The summed E-state index contributed by atoms with van der Waals surface area (Å²) in [5.41, 5.74) is 0. The van der Waals surface area contributed by atoms with Crippen LogP contribution in [-0.4, -0.2) is 51.1 Å². The zero-order chi connectivity index (χ0) is 9.59. The number of ether oxygens (including phenoxy) is 1. The Morgan fingerprint density at radius 1 is 0.846 bits per heavy atom. The molecule has 1 heterocycles. The van der Waals surface area contributed by atoms with Gasteiger partial charge in [-0.3, -0.25) is 0 Å². The lowest BCUT2D eigenvalue weighted by Gasteiger charge is -2.38. The van der Waals surface area contributed by atoms with Gasteiger partial charge < -0.3 is 25.2 Å². The van der Waals surface area contributed by atoms with Crippen molar-refractivity contribution in [3.63, 3.8) is 0 Å². The van der Waals surface area contributed by atoms with Crippen molar-refractivity contribution in [3.8, 4) is 0 Å². The summed E-state index contributed by atoms with van der Waals surface area (Å²) < 4.78 is 5.00. The van der Waals surface area contributed by atoms with E-state index in [1.807, 2.05) is 0 Å². The number of hydrogen-bond donors (Lipinski definition) is 4. The summed E-state index contributed by atoms with van der Waals surface area (Å²) in [5, 5.41) is 37.1. The van der Waals surface area contributed by atoms with Crippen molar-refractivity contribution in [3.05, 3.63) is 0 Å². The third kappa shape index (κ3) is 1.58. The molecule has 76 valence electrons. The molecule has 0 radical (unpaired) electrons. The first-order valence-electron chi connectivity index (χ1n) is 4.49. The van der Waals surface area contributed by atoms with E-state index in [1.165, 1.54) is 0 Å². The molecule has 1 aliphatic heterocycles. The predicted octanol–water partition coefficient (Wildman–Crippen LogP) is -1.80. The second kappa shape index (κ2) is 3.18. The van der Waals surface area contributed by atoms with Crippen molar-refractivity contribution in [2.45, 2.75) is 43.5 Å². The number of rotatable bonds is 1. The van der Waals surface area contributed by atoms with Crippen molar-refractivity contribution < 1.29 is 25.2 Å². The SMILES string of the molecule is OC1O[C@@H](C2CC2)[C@@H](O)[C@@H](O)[C@@H]1O. The predicted molar refractivity (Wildman–Crippen MR) is 41.6 cm³/mol. The minimum absolute atomic E-state index is 0.215. The van der Waals surface area contributed by atoms with Crippen LogP contribution in [0, 0.1) is 5.92 Å². The monoisotopic (exact) mass is 190 g/mol. The van der Waals surface area contributed by atoms with Gasteiger partial charge in [-0.25, -0.2) is 0 Å². The molecule has 0 aromatic carbocycles. The van der Waals surface area contributed by atoms with E-state index in [9.17, 15) is 10.2 Å². The highest BCUT2D eigenvalue weighted by atomic mass is 16.6. The van der Waals surface area contributed by atoms with Crippen molar-refractivity contribution >= 4 is 0 Å². The summed E-state index contributed by atoms with van der Waals surface area (Å²) in [7, 11) is 0. The van der Waals surface area contributed by atoms with Gasteiger partial charge in [-0.15, -0.1) is 0 Å². The number of hydrogen-bond acceptors (Lipinski definition) is 5. The van der Waals surface area contributed by atoms with Crippen LogP contribution in [0.1, 0.15) is 12.8 Å². The Morgan fingerprint density at radius 3 is 2.00 bits per heavy atom. The molecular formula is C8H14O5. The molecule has 1 saturated heterocycles. The van der Waals surface area contributed by atoms with E-state index in [1.54, 1.807) is 0 Å². The van der Waals surface area contributed by atoms with Crippen LogP contribution in [0.2, 0.25) is 0 Å². The summed E-state index contributed by atoms with van der Waals surface area (Å²) in [4.78, 5) is 0. The molecule has 4 N–H and O–H groups in total. The van der Waals surface area contributed by atoms with E-state index in [0.29, 0.717) is 0 Å². The highest BCUT2D eigenvalue weighted by molar-refractivity contribution is 4.95. The second-order valence-electron chi connectivity index (χ2n) is 3.80. The fraction of sp³-hybridized carbons (Fsp3) is 1.00. The summed E-state index contributed by atoms with van der Waals surface area (Å²) >= 11 is 0. The van der Waals surface area contributed by atoms with Gasteiger partial charge in [0.05, 0.1) is 6.10 Å². The van der Waals surface area contributed by atoms with E-state index >= 15 is 0 Å². The van der Waals surface area contributed by atoms with Gasteiger partial charge in [0, 0.05) is 0 Å². The minimum atomic E-state index is -1.41. The lowest BCUT2D eigenvalue weighted by atomic mass is 9.96. The molecule has 5 heteroatoms. The lowest BCUT2D eigenvalue weighted by Crippen LogP contribution is -2.58. The van der Waals surface area contributed by atoms with Gasteiger partial charge in [0.1, 0.15) is 18.3 Å². The maximum absolute atomic E-state index is 9.49. The van der Waals surface area contributed by atoms with E-state index in [4.69, 9.17) is 14.9 Å². The lowest BCUT2D eigenvalue weighted by molar-refractivity contribution is -0.285. The number of aliphatic hydroxyl groups is 4. The molecule has 5 nitrogen and oxygen atoms in total. The average Bonchev–Trinajstić information content (AvgIpc) is 2.91. The Kier molecular flexibility index (Phi) is 2.29. The van der Waals surface area contributed by atoms with Crippen LogP contribution < -0.4 is 0 Å². The molecule has 13 heavy (non-hydrogen) atoms. The molecule has 0 aromatic rings. The average molecular weight is 190 g/mol. The number of aliphatic hydroxyl groups excluding tert-OH is 4. The molecule has 5 atom stereocenters. The van der Waals surface area contributed by atoms with Crippen LogP contribution >= 0.6 is 0 Å². The second-order valence-corrected chi connectivity index (χ2v) is 3.80. The normalized spacial score (nSPS) is 52.2. The molecule has 0 aromatic heterocycles. The molecular weight excluding hydrogens is 176 g/mol. The fourth-order valence-electron chi connectivity index (χ4n) is 1.70. The standard InChI is InChI=1S/C8H14O5/c9-4-5(10)7(3-1-2-3)13-8(12)6(4)11/h3-12H,1-2H2/t4-,5+,6+,7+,8?/m1/s1. The van der Waals surface area contributed by atoms with Gasteiger partial charge >= 0.3 is 0 Å². The minimum Gasteiger partial charge on any atom is -0.388 e. The third-order valence-corrected chi connectivity index (χ3v) is 2.71. The zero-order valence-electron chi connectivity index (χ0n) is 7.08. The first-order chi connectivity index (χ1) is 6.11. The van der Waals surface area contributed by atoms with Crippen LogP contribution in [0.3, 0.4) is 0 Å². The first kappa shape index (κ1) is 9.36. The summed E-state index contributed by atoms with van der Waals surface area (Å²) in [5.74, 6) is 0.215. The first-order valence-corrected chi connectivity index (χ1v) is 4.49. The van der Waals surface area contributed by atoms with E-state index in [2.05, 4.69) is 0 Å². The Labute approximate surface area is 75.6 Å². The van der Waals surface area contributed by atoms with Crippen LogP contribution in [0.25, 0.3) is 0 Å². The Bertz CT molecular complexity index is 193. The van der Waals surface area contributed by atoms with Gasteiger partial charge in [-0.05, 0) is 18.8 Å².